The van der Waals surface area contributed by atoms with E-state index in [0.29, 0.717) is 12.8 Å². The SMILES string of the molecule is O=C(CCCO)NC1CN(C(c2ccccc2)c2ccccc2)C1. The van der Waals surface area contributed by atoms with Crippen molar-refractivity contribution < 1.29 is 9.90 Å². The second-order valence-electron chi connectivity index (χ2n) is 6.27. The molecule has 2 aromatic rings. The van der Waals surface area contributed by atoms with Gasteiger partial charge in [-0.2, -0.15) is 0 Å². The summed E-state index contributed by atoms with van der Waals surface area (Å²) in [6, 6.07) is 21.4. The highest BCUT2D eigenvalue weighted by Crippen LogP contribution is 2.32. The molecule has 1 aliphatic heterocycles. The predicted octanol–water partition coefficient (Wildman–Crippen LogP) is 2.35. The number of rotatable bonds is 7. The summed E-state index contributed by atoms with van der Waals surface area (Å²) in [5, 5.41) is 11.8. The maximum atomic E-state index is 11.8. The number of carbonyl (C=O) groups excluding carboxylic acids is 1. The van der Waals surface area contributed by atoms with Gasteiger partial charge in [0, 0.05) is 26.1 Å². The van der Waals surface area contributed by atoms with Crippen LogP contribution in [0.1, 0.15) is 30.0 Å². The number of aliphatic hydroxyl groups excluding tert-OH is 1. The molecule has 0 atom stereocenters. The number of benzene rings is 2. The monoisotopic (exact) mass is 324 g/mol. The quantitative estimate of drug-likeness (QED) is 0.822. The van der Waals surface area contributed by atoms with Gasteiger partial charge in [0.2, 0.25) is 5.91 Å². The molecule has 126 valence electrons. The minimum Gasteiger partial charge on any atom is -0.396 e. The van der Waals surface area contributed by atoms with Crippen molar-refractivity contribution in [2.24, 2.45) is 0 Å². The molecule has 0 aromatic heterocycles. The standard InChI is InChI=1S/C20H24N2O2/c23-13-7-12-19(24)21-18-14-22(15-18)20(16-8-3-1-4-9-16)17-10-5-2-6-11-17/h1-6,8-11,18,20,23H,7,12-15H2,(H,21,24). The first kappa shape index (κ1) is 16.7. The molecule has 0 bridgehead atoms. The van der Waals surface area contributed by atoms with E-state index in [9.17, 15) is 4.79 Å². The Morgan fingerprint density at radius 2 is 1.58 bits per heavy atom. The average Bonchev–Trinajstić information content (AvgIpc) is 2.60. The molecule has 1 fully saturated rings. The fraction of sp³-hybridized carbons (Fsp3) is 0.350. The zero-order valence-electron chi connectivity index (χ0n) is 13.8. The Balaban J connectivity index is 1.65. The number of amides is 1. The number of hydrogen-bond donors (Lipinski definition) is 2. The van der Waals surface area contributed by atoms with E-state index >= 15 is 0 Å². The number of nitrogens with zero attached hydrogens (tertiary/aromatic N) is 1. The zero-order chi connectivity index (χ0) is 16.8. The van der Waals surface area contributed by atoms with Crippen LogP contribution in [0, 0.1) is 0 Å². The minimum atomic E-state index is 0.0321. The van der Waals surface area contributed by atoms with Crippen LogP contribution < -0.4 is 5.32 Å². The van der Waals surface area contributed by atoms with Gasteiger partial charge in [-0.05, 0) is 17.5 Å². The van der Waals surface area contributed by atoms with E-state index in [2.05, 4.69) is 58.7 Å². The number of likely N-dealkylation sites (tertiary alicyclic amines) is 1. The van der Waals surface area contributed by atoms with Crippen LogP contribution in [0.4, 0.5) is 0 Å². The highest BCUT2D eigenvalue weighted by Gasteiger charge is 2.34. The van der Waals surface area contributed by atoms with Crippen molar-refractivity contribution in [1.29, 1.82) is 0 Å². The van der Waals surface area contributed by atoms with E-state index in [-0.39, 0.29) is 24.6 Å². The van der Waals surface area contributed by atoms with Crippen LogP contribution in [0.2, 0.25) is 0 Å². The van der Waals surface area contributed by atoms with E-state index < -0.39 is 0 Å². The molecule has 4 heteroatoms. The Kier molecular flexibility index (Phi) is 5.62. The summed E-state index contributed by atoms with van der Waals surface area (Å²) in [7, 11) is 0. The normalized spacial score (nSPS) is 15.2. The molecule has 0 aliphatic carbocycles. The van der Waals surface area contributed by atoms with Gasteiger partial charge in [-0.15, -0.1) is 0 Å². The van der Waals surface area contributed by atoms with Crippen molar-refractivity contribution in [1.82, 2.24) is 10.2 Å². The fourth-order valence-corrected chi connectivity index (χ4v) is 3.24. The summed E-state index contributed by atoms with van der Waals surface area (Å²) in [6.07, 6.45) is 0.923. The topological polar surface area (TPSA) is 52.6 Å². The van der Waals surface area contributed by atoms with Gasteiger partial charge in [0.05, 0.1) is 12.1 Å². The third-order valence-corrected chi connectivity index (χ3v) is 4.43. The molecule has 0 spiro atoms. The minimum absolute atomic E-state index is 0.0321. The molecule has 3 rings (SSSR count). The molecule has 1 saturated heterocycles. The zero-order valence-corrected chi connectivity index (χ0v) is 13.8. The molecule has 0 radical (unpaired) electrons. The van der Waals surface area contributed by atoms with Crippen molar-refractivity contribution in [3.05, 3.63) is 71.8 Å². The van der Waals surface area contributed by atoms with Crippen molar-refractivity contribution >= 4 is 5.91 Å². The highest BCUT2D eigenvalue weighted by molar-refractivity contribution is 5.76. The lowest BCUT2D eigenvalue weighted by Gasteiger charge is -2.45. The summed E-state index contributed by atoms with van der Waals surface area (Å²) >= 11 is 0. The van der Waals surface area contributed by atoms with Gasteiger partial charge in [0.25, 0.3) is 0 Å². The molecule has 0 saturated carbocycles. The second-order valence-corrected chi connectivity index (χ2v) is 6.27. The van der Waals surface area contributed by atoms with Crippen LogP contribution >= 0.6 is 0 Å². The Morgan fingerprint density at radius 3 is 2.08 bits per heavy atom. The Labute approximate surface area is 143 Å². The average molecular weight is 324 g/mol. The Bertz CT molecular complexity index is 600. The van der Waals surface area contributed by atoms with E-state index in [0.717, 1.165) is 13.1 Å². The first-order valence-electron chi connectivity index (χ1n) is 8.52. The Hall–Kier alpha value is -2.17. The van der Waals surface area contributed by atoms with Gasteiger partial charge in [-0.25, -0.2) is 0 Å². The molecule has 0 unspecified atom stereocenters. The van der Waals surface area contributed by atoms with Crippen molar-refractivity contribution in [2.45, 2.75) is 24.9 Å². The van der Waals surface area contributed by atoms with Gasteiger partial charge in [-0.3, -0.25) is 9.69 Å². The van der Waals surface area contributed by atoms with Crippen LogP contribution in [0.25, 0.3) is 0 Å². The second kappa shape index (κ2) is 8.08. The molecular formula is C20H24N2O2. The van der Waals surface area contributed by atoms with E-state index in [1.54, 1.807) is 0 Å². The highest BCUT2D eigenvalue weighted by atomic mass is 16.3. The summed E-state index contributed by atoms with van der Waals surface area (Å²) in [5.74, 6) is 0.0321. The van der Waals surface area contributed by atoms with E-state index in [1.807, 2.05) is 12.1 Å². The third kappa shape index (κ3) is 4.02. The van der Waals surface area contributed by atoms with Crippen LogP contribution in [0.3, 0.4) is 0 Å². The van der Waals surface area contributed by atoms with E-state index in [4.69, 9.17) is 5.11 Å². The first-order valence-corrected chi connectivity index (χ1v) is 8.52. The van der Waals surface area contributed by atoms with Crippen molar-refractivity contribution in [2.75, 3.05) is 19.7 Å². The molecule has 2 N–H and O–H groups in total. The van der Waals surface area contributed by atoms with Gasteiger partial charge < -0.3 is 10.4 Å². The fourth-order valence-electron chi connectivity index (χ4n) is 3.24. The smallest absolute Gasteiger partial charge is 0.220 e. The number of carbonyl (C=O) groups is 1. The van der Waals surface area contributed by atoms with Gasteiger partial charge in [0.15, 0.2) is 0 Å². The molecule has 2 aromatic carbocycles. The molecule has 1 heterocycles. The maximum Gasteiger partial charge on any atom is 0.220 e. The van der Waals surface area contributed by atoms with Crippen molar-refractivity contribution in [3.63, 3.8) is 0 Å². The summed E-state index contributed by atoms with van der Waals surface area (Å²) < 4.78 is 0. The lowest BCUT2D eigenvalue weighted by Crippen LogP contribution is -2.60. The lowest BCUT2D eigenvalue weighted by atomic mass is 9.93. The number of nitrogens with one attached hydrogen (secondary N) is 1. The largest absolute Gasteiger partial charge is 0.396 e. The molecule has 1 amide bonds. The maximum absolute atomic E-state index is 11.8. The summed E-state index contributed by atoms with van der Waals surface area (Å²) in [5.41, 5.74) is 2.54. The Morgan fingerprint density at radius 1 is 1.04 bits per heavy atom. The van der Waals surface area contributed by atoms with Crippen molar-refractivity contribution in [3.8, 4) is 0 Å². The van der Waals surface area contributed by atoms with Crippen LogP contribution in [-0.4, -0.2) is 41.7 Å². The third-order valence-electron chi connectivity index (χ3n) is 4.43. The molecule has 4 nitrogen and oxygen atoms in total. The molecule has 24 heavy (non-hydrogen) atoms. The summed E-state index contributed by atoms with van der Waals surface area (Å²) in [6.45, 7) is 1.76. The van der Waals surface area contributed by atoms with Gasteiger partial charge in [-0.1, -0.05) is 60.7 Å². The molecular weight excluding hydrogens is 300 g/mol. The summed E-state index contributed by atoms with van der Waals surface area (Å²) in [4.78, 5) is 14.2. The number of aliphatic hydroxyl groups is 1. The number of hydrogen-bond acceptors (Lipinski definition) is 3. The van der Waals surface area contributed by atoms with Crippen LogP contribution in [-0.2, 0) is 4.79 Å². The lowest BCUT2D eigenvalue weighted by molar-refractivity contribution is -0.123. The predicted molar refractivity (Wildman–Crippen MR) is 94.6 cm³/mol. The van der Waals surface area contributed by atoms with Crippen LogP contribution in [0.5, 0.6) is 0 Å². The van der Waals surface area contributed by atoms with E-state index in [1.165, 1.54) is 11.1 Å². The van der Waals surface area contributed by atoms with Gasteiger partial charge >= 0.3 is 0 Å². The van der Waals surface area contributed by atoms with Crippen LogP contribution in [0.15, 0.2) is 60.7 Å². The molecule has 1 aliphatic rings. The first-order chi connectivity index (χ1) is 11.8. The van der Waals surface area contributed by atoms with Gasteiger partial charge in [0.1, 0.15) is 0 Å².